The molecule has 0 aliphatic carbocycles. The third kappa shape index (κ3) is 3.32. The predicted molar refractivity (Wildman–Crippen MR) is 129 cm³/mol. The normalized spacial score (nSPS) is 21.8. The molecule has 0 spiro atoms. The van der Waals surface area contributed by atoms with Crippen LogP contribution >= 0.6 is 0 Å². The van der Waals surface area contributed by atoms with Crippen molar-refractivity contribution in [1.82, 2.24) is 20.1 Å². The van der Waals surface area contributed by atoms with Crippen LogP contribution in [0, 0.1) is 0 Å². The van der Waals surface area contributed by atoms with Crippen LogP contribution in [0.3, 0.4) is 0 Å². The number of rotatable bonds is 7. The number of benzene rings is 2. The zero-order chi connectivity index (χ0) is 24.0. The van der Waals surface area contributed by atoms with Crippen molar-refractivity contribution in [2.75, 3.05) is 26.7 Å². The number of fused-ring (bicyclic) bond motifs is 4. The Hall–Kier alpha value is -3.52. The van der Waals surface area contributed by atoms with Crippen molar-refractivity contribution >= 4 is 22.8 Å². The molecule has 2 aliphatic rings. The molecule has 2 atom stereocenters. The van der Waals surface area contributed by atoms with Crippen LogP contribution in [0.5, 0.6) is 11.5 Å². The first kappa shape index (κ1) is 22.3. The van der Waals surface area contributed by atoms with Crippen molar-refractivity contribution in [3.63, 3.8) is 0 Å². The number of phenolic OH excluding ortho intramolecular Hbond substituents is 1. The van der Waals surface area contributed by atoms with Crippen LogP contribution in [0.15, 0.2) is 42.5 Å². The monoisotopic (exact) mass is 462 g/mol. The van der Waals surface area contributed by atoms with Crippen molar-refractivity contribution in [3.05, 3.63) is 59.3 Å². The first-order valence-corrected chi connectivity index (χ1v) is 11.7. The molecule has 8 heteroatoms. The molecule has 178 valence electrons. The number of aromatic amines is 1. The van der Waals surface area contributed by atoms with Gasteiger partial charge in [0.25, 0.3) is 5.91 Å². The summed E-state index contributed by atoms with van der Waals surface area (Å²) in [6, 6.07) is 12.0. The summed E-state index contributed by atoms with van der Waals surface area (Å²) in [5.74, 6) is 0.699. The molecule has 3 amide bonds. The van der Waals surface area contributed by atoms with Gasteiger partial charge < -0.3 is 20.1 Å². The summed E-state index contributed by atoms with van der Waals surface area (Å²) < 4.78 is 5.73. The zero-order valence-electron chi connectivity index (χ0n) is 19.7. The highest BCUT2D eigenvalue weighted by Gasteiger charge is 2.60. The van der Waals surface area contributed by atoms with Gasteiger partial charge in [-0.15, -0.1) is 0 Å². The number of H-pyrrole nitrogens is 1. The number of nitrogens with zero attached hydrogens (tertiary/aromatic N) is 2. The minimum Gasteiger partial charge on any atom is -0.508 e. The van der Waals surface area contributed by atoms with Gasteiger partial charge in [-0.05, 0) is 75.3 Å². The minimum absolute atomic E-state index is 0.116. The van der Waals surface area contributed by atoms with Crippen molar-refractivity contribution in [2.45, 2.75) is 38.3 Å². The van der Waals surface area contributed by atoms with E-state index in [4.69, 9.17) is 4.74 Å². The number of hydrogen-bond acceptors (Lipinski definition) is 5. The van der Waals surface area contributed by atoms with Crippen LogP contribution in [-0.4, -0.2) is 64.1 Å². The number of carbonyl (C=O) groups excluding carboxylic acids is 2. The SMILES string of the molecule is CCOc1ccc2[nH]c3c(c2c1)CC1(C)C(=O)N(CCCNC)C(=O)N1C3c1cccc(O)c1. The largest absolute Gasteiger partial charge is 0.508 e. The highest BCUT2D eigenvalue weighted by atomic mass is 16.5. The summed E-state index contributed by atoms with van der Waals surface area (Å²) in [4.78, 5) is 34.0. The van der Waals surface area contributed by atoms with Crippen LogP contribution in [-0.2, 0) is 11.2 Å². The number of ether oxygens (including phenoxy) is 1. The number of nitrogens with one attached hydrogen (secondary N) is 2. The van der Waals surface area contributed by atoms with E-state index >= 15 is 0 Å². The summed E-state index contributed by atoms with van der Waals surface area (Å²) in [6.07, 6.45) is 1.08. The lowest BCUT2D eigenvalue weighted by atomic mass is 9.81. The quantitative estimate of drug-likeness (QED) is 0.369. The summed E-state index contributed by atoms with van der Waals surface area (Å²) in [7, 11) is 1.85. The Morgan fingerprint density at radius 1 is 1.24 bits per heavy atom. The van der Waals surface area contributed by atoms with Gasteiger partial charge in [-0.3, -0.25) is 14.6 Å². The number of imide groups is 1. The van der Waals surface area contributed by atoms with Crippen molar-refractivity contribution in [2.24, 2.45) is 0 Å². The van der Waals surface area contributed by atoms with Gasteiger partial charge >= 0.3 is 6.03 Å². The van der Waals surface area contributed by atoms with Gasteiger partial charge in [-0.25, -0.2) is 4.79 Å². The second-order valence-corrected chi connectivity index (χ2v) is 9.17. The molecular weight excluding hydrogens is 432 g/mol. The first-order chi connectivity index (χ1) is 16.4. The molecule has 3 heterocycles. The molecule has 0 saturated carbocycles. The molecule has 0 radical (unpaired) electrons. The van der Waals surface area contributed by atoms with E-state index in [0.717, 1.165) is 33.5 Å². The van der Waals surface area contributed by atoms with Gasteiger partial charge in [-0.1, -0.05) is 12.1 Å². The number of aromatic nitrogens is 1. The maximum atomic E-state index is 13.7. The average Bonchev–Trinajstić information content (AvgIpc) is 3.25. The second kappa shape index (κ2) is 8.36. The molecule has 2 aromatic carbocycles. The Bertz CT molecular complexity index is 1270. The summed E-state index contributed by atoms with van der Waals surface area (Å²) in [5.41, 5.74) is 2.51. The minimum atomic E-state index is -1.03. The fraction of sp³-hybridized carbons (Fsp3) is 0.385. The predicted octanol–water partition coefficient (Wildman–Crippen LogP) is 3.55. The molecule has 8 nitrogen and oxygen atoms in total. The lowest BCUT2D eigenvalue weighted by molar-refractivity contribution is -0.133. The molecule has 0 bridgehead atoms. The molecular formula is C26H30N4O4. The van der Waals surface area contributed by atoms with Crippen molar-refractivity contribution < 1.29 is 19.4 Å². The van der Waals surface area contributed by atoms with Gasteiger partial charge in [0.05, 0.1) is 6.61 Å². The third-order valence-electron chi connectivity index (χ3n) is 6.94. The molecule has 5 rings (SSSR count). The summed E-state index contributed by atoms with van der Waals surface area (Å²) >= 11 is 0. The number of carbonyl (C=O) groups is 2. The van der Waals surface area contributed by atoms with Crippen LogP contribution in [0.2, 0.25) is 0 Å². The molecule has 2 unspecified atom stereocenters. The van der Waals surface area contributed by atoms with Gasteiger partial charge in [-0.2, -0.15) is 0 Å². The van der Waals surface area contributed by atoms with Crippen molar-refractivity contribution in [1.29, 1.82) is 0 Å². The zero-order valence-corrected chi connectivity index (χ0v) is 19.7. The Balaban J connectivity index is 1.69. The number of phenols is 1. The van der Waals surface area contributed by atoms with Crippen LogP contribution in [0.25, 0.3) is 10.9 Å². The topological polar surface area (TPSA) is 97.9 Å². The molecule has 1 fully saturated rings. The number of urea groups is 1. The van der Waals surface area contributed by atoms with E-state index in [1.54, 1.807) is 23.1 Å². The number of hydrogen-bond donors (Lipinski definition) is 3. The smallest absolute Gasteiger partial charge is 0.328 e. The van der Waals surface area contributed by atoms with Crippen LogP contribution in [0.1, 0.15) is 43.1 Å². The van der Waals surface area contributed by atoms with E-state index in [9.17, 15) is 14.7 Å². The Morgan fingerprint density at radius 2 is 2.06 bits per heavy atom. The summed E-state index contributed by atoms with van der Waals surface area (Å²) in [5, 5.41) is 14.3. The van der Waals surface area contributed by atoms with E-state index < -0.39 is 11.6 Å². The van der Waals surface area contributed by atoms with Gasteiger partial charge in [0.15, 0.2) is 0 Å². The fourth-order valence-corrected chi connectivity index (χ4v) is 5.40. The Labute approximate surface area is 198 Å². The lowest BCUT2D eigenvalue weighted by Crippen LogP contribution is -2.53. The average molecular weight is 463 g/mol. The van der Waals surface area contributed by atoms with Gasteiger partial charge in [0, 0.05) is 29.6 Å². The van der Waals surface area contributed by atoms with Crippen molar-refractivity contribution in [3.8, 4) is 11.5 Å². The standard InChI is InChI=1S/C26H30N4O4/c1-4-34-18-9-10-21-19(14-18)20-15-26(2)24(32)29(12-6-11-27-3)25(33)30(26)23(22(20)28-21)16-7-5-8-17(31)13-16/h5,7-10,13-14,23,27-28,31H,4,6,11-12,15H2,1-3H3. The number of amides is 3. The maximum absolute atomic E-state index is 13.7. The highest BCUT2D eigenvalue weighted by molar-refractivity contribution is 6.08. The Morgan fingerprint density at radius 3 is 2.79 bits per heavy atom. The van der Waals surface area contributed by atoms with Crippen LogP contribution in [0.4, 0.5) is 4.79 Å². The van der Waals surface area contributed by atoms with E-state index in [1.807, 2.05) is 45.2 Å². The highest BCUT2D eigenvalue weighted by Crippen LogP contribution is 2.49. The second-order valence-electron chi connectivity index (χ2n) is 9.17. The molecule has 3 aromatic rings. The third-order valence-corrected chi connectivity index (χ3v) is 6.94. The van der Waals surface area contributed by atoms with E-state index in [1.165, 1.54) is 4.90 Å². The summed E-state index contributed by atoms with van der Waals surface area (Å²) in [6.45, 7) is 5.44. The molecule has 1 saturated heterocycles. The Kier molecular flexibility index (Phi) is 5.48. The van der Waals surface area contributed by atoms with E-state index in [0.29, 0.717) is 32.5 Å². The van der Waals surface area contributed by atoms with Gasteiger partial charge in [0.2, 0.25) is 0 Å². The molecule has 2 aliphatic heterocycles. The van der Waals surface area contributed by atoms with E-state index in [2.05, 4.69) is 10.3 Å². The number of aromatic hydroxyl groups is 1. The molecule has 1 aromatic heterocycles. The van der Waals surface area contributed by atoms with Crippen LogP contribution < -0.4 is 10.1 Å². The first-order valence-electron chi connectivity index (χ1n) is 11.7. The lowest BCUT2D eigenvalue weighted by Gasteiger charge is -2.42. The fourth-order valence-electron chi connectivity index (χ4n) is 5.40. The van der Waals surface area contributed by atoms with E-state index in [-0.39, 0.29) is 17.7 Å². The molecule has 3 N–H and O–H groups in total. The molecule has 34 heavy (non-hydrogen) atoms. The van der Waals surface area contributed by atoms with Gasteiger partial charge in [0.1, 0.15) is 23.1 Å². The maximum Gasteiger partial charge on any atom is 0.328 e.